The zero-order valence-corrected chi connectivity index (χ0v) is 7.21. The van der Waals surface area contributed by atoms with Crippen LogP contribution in [0.15, 0.2) is 24.3 Å². The smallest absolute Gasteiger partial charge is 0.140 e. The minimum absolute atomic E-state index is 0.214. The predicted octanol–water partition coefficient (Wildman–Crippen LogP) is 2.44. The first-order chi connectivity index (χ1) is 5.79. The van der Waals surface area contributed by atoms with E-state index in [9.17, 15) is 4.79 Å². The van der Waals surface area contributed by atoms with Gasteiger partial charge in [0.2, 0.25) is 0 Å². The minimum atomic E-state index is 0.214. The van der Waals surface area contributed by atoms with Crippen LogP contribution in [0.1, 0.15) is 29.9 Å². The average Bonchev–Trinajstić information content (AvgIpc) is 2.06. The number of hydrogen-bond donors (Lipinski definition) is 0. The molecule has 1 aromatic carbocycles. The van der Waals surface area contributed by atoms with E-state index in [-0.39, 0.29) is 5.92 Å². The summed E-state index contributed by atoms with van der Waals surface area (Å²) in [5.74, 6) is 0.621. The lowest BCUT2D eigenvalue weighted by molar-refractivity contribution is -0.125. The molecule has 62 valence electrons. The van der Waals surface area contributed by atoms with E-state index in [0.717, 1.165) is 12.8 Å². The fourth-order valence-electron chi connectivity index (χ4n) is 1.71. The molecule has 1 saturated carbocycles. The van der Waals surface area contributed by atoms with Gasteiger partial charge in [-0.25, -0.2) is 0 Å². The molecule has 0 spiro atoms. The third kappa shape index (κ3) is 1.06. The normalized spacial score (nSPS) is 22.1. The number of benzene rings is 1. The Morgan fingerprint density at radius 1 is 1.33 bits per heavy atom. The predicted molar refractivity (Wildman–Crippen MR) is 48.2 cm³/mol. The molecule has 1 aromatic rings. The summed E-state index contributed by atoms with van der Waals surface area (Å²) in [6.07, 6.45) is 1.82. The Morgan fingerprint density at radius 3 is 2.58 bits per heavy atom. The number of Topliss-reactive ketones (excluding diaryl/α,β-unsaturated/α-hetero) is 1. The van der Waals surface area contributed by atoms with Crippen LogP contribution in [0, 0.1) is 6.92 Å². The van der Waals surface area contributed by atoms with Crippen LogP contribution in [0.3, 0.4) is 0 Å². The molecule has 0 saturated heterocycles. The van der Waals surface area contributed by atoms with Gasteiger partial charge in [0.05, 0.1) is 0 Å². The lowest BCUT2D eigenvalue weighted by atomic mass is 9.77. The van der Waals surface area contributed by atoms with Crippen molar-refractivity contribution in [3.8, 4) is 0 Å². The van der Waals surface area contributed by atoms with E-state index in [1.54, 1.807) is 0 Å². The van der Waals surface area contributed by atoms with Gasteiger partial charge in [-0.2, -0.15) is 0 Å². The summed E-state index contributed by atoms with van der Waals surface area (Å²) < 4.78 is 0. The quantitative estimate of drug-likeness (QED) is 0.616. The maximum absolute atomic E-state index is 11.2. The van der Waals surface area contributed by atoms with Gasteiger partial charge in [-0.15, -0.1) is 0 Å². The molecule has 1 atom stereocenters. The van der Waals surface area contributed by atoms with E-state index >= 15 is 0 Å². The van der Waals surface area contributed by atoms with Crippen LogP contribution in [-0.2, 0) is 4.79 Å². The van der Waals surface area contributed by atoms with Gasteiger partial charge < -0.3 is 0 Å². The highest BCUT2D eigenvalue weighted by Crippen LogP contribution is 2.34. The van der Waals surface area contributed by atoms with Crippen molar-refractivity contribution in [2.45, 2.75) is 25.7 Å². The molecule has 0 N–H and O–H groups in total. The summed E-state index contributed by atoms with van der Waals surface area (Å²) in [5, 5.41) is 0. The number of carbonyl (C=O) groups excluding carboxylic acids is 1. The molecule has 0 heterocycles. The van der Waals surface area contributed by atoms with Crippen LogP contribution in [0.2, 0.25) is 0 Å². The molecule has 1 nitrogen and oxygen atoms in total. The van der Waals surface area contributed by atoms with E-state index < -0.39 is 0 Å². The topological polar surface area (TPSA) is 17.1 Å². The van der Waals surface area contributed by atoms with Crippen molar-refractivity contribution >= 4 is 5.78 Å². The zero-order valence-electron chi connectivity index (χ0n) is 7.21. The van der Waals surface area contributed by atoms with Crippen molar-refractivity contribution in [3.05, 3.63) is 35.4 Å². The van der Waals surface area contributed by atoms with Gasteiger partial charge >= 0.3 is 0 Å². The fourth-order valence-corrected chi connectivity index (χ4v) is 1.71. The lowest BCUT2D eigenvalue weighted by Gasteiger charge is -2.25. The molecule has 0 radical (unpaired) electrons. The molecule has 1 unspecified atom stereocenters. The molecule has 0 aliphatic heterocycles. The first kappa shape index (κ1) is 7.53. The summed E-state index contributed by atoms with van der Waals surface area (Å²) in [6.45, 7) is 2.07. The molecule has 0 aromatic heterocycles. The zero-order chi connectivity index (χ0) is 8.55. The van der Waals surface area contributed by atoms with Crippen LogP contribution in [0.5, 0.6) is 0 Å². The molecule has 1 aliphatic carbocycles. The van der Waals surface area contributed by atoms with Gasteiger partial charge in [0.25, 0.3) is 0 Å². The Kier molecular flexibility index (Phi) is 1.72. The summed E-state index contributed by atoms with van der Waals surface area (Å²) in [5.41, 5.74) is 2.48. The Labute approximate surface area is 72.4 Å². The van der Waals surface area contributed by atoms with Gasteiger partial charge in [-0.05, 0) is 24.5 Å². The van der Waals surface area contributed by atoms with Crippen molar-refractivity contribution in [2.24, 2.45) is 0 Å². The van der Waals surface area contributed by atoms with Crippen molar-refractivity contribution in [1.29, 1.82) is 0 Å². The average molecular weight is 160 g/mol. The number of rotatable bonds is 1. The monoisotopic (exact) mass is 160 g/mol. The van der Waals surface area contributed by atoms with Crippen LogP contribution in [0.25, 0.3) is 0 Å². The Hall–Kier alpha value is -1.11. The molecule has 2 rings (SSSR count). The number of hydrogen-bond acceptors (Lipinski definition) is 1. The highest BCUT2D eigenvalue weighted by molar-refractivity contribution is 5.91. The summed E-state index contributed by atoms with van der Waals surface area (Å²) in [4.78, 5) is 11.2. The van der Waals surface area contributed by atoms with Crippen molar-refractivity contribution < 1.29 is 4.79 Å². The second-order valence-electron chi connectivity index (χ2n) is 3.41. The second kappa shape index (κ2) is 2.74. The van der Waals surface area contributed by atoms with Crippen molar-refractivity contribution in [1.82, 2.24) is 0 Å². The van der Waals surface area contributed by atoms with E-state index in [0.29, 0.717) is 5.78 Å². The van der Waals surface area contributed by atoms with Crippen LogP contribution in [0.4, 0.5) is 0 Å². The first-order valence-corrected chi connectivity index (χ1v) is 4.37. The summed E-state index contributed by atoms with van der Waals surface area (Å²) >= 11 is 0. The van der Waals surface area contributed by atoms with E-state index in [2.05, 4.69) is 19.1 Å². The molecule has 0 bridgehead atoms. The Morgan fingerprint density at radius 2 is 2.08 bits per heavy atom. The molecule has 0 amide bonds. The first-order valence-electron chi connectivity index (χ1n) is 4.37. The van der Waals surface area contributed by atoms with Gasteiger partial charge in [0.1, 0.15) is 5.78 Å². The fraction of sp³-hybridized carbons (Fsp3) is 0.364. The number of carbonyl (C=O) groups is 1. The Balaban J connectivity index is 2.33. The SMILES string of the molecule is Cc1ccccc1C1CCC1=O. The van der Waals surface area contributed by atoms with Crippen LogP contribution in [-0.4, -0.2) is 5.78 Å². The largest absolute Gasteiger partial charge is 0.299 e. The summed E-state index contributed by atoms with van der Waals surface area (Å²) in [6, 6.07) is 8.16. The van der Waals surface area contributed by atoms with Crippen LogP contribution >= 0.6 is 0 Å². The molecule has 1 fully saturated rings. The maximum Gasteiger partial charge on any atom is 0.140 e. The molecule has 1 heteroatoms. The highest BCUT2D eigenvalue weighted by Gasteiger charge is 2.29. The standard InChI is InChI=1S/C11H12O/c1-8-4-2-3-5-9(8)10-6-7-11(10)12/h2-5,10H,6-7H2,1H3. The van der Waals surface area contributed by atoms with Gasteiger partial charge in [-0.3, -0.25) is 4.79 Å². The third-order valence-corrected chi connectivity index (χ3v) is 2.63. The van der Waals surface area contributed by atoms with Gasteiger partial charge in [0.15, 0.2) is 0 Å². The van der Waals surface area contributed by atoms with E-state index in [4.69, 9.17) is 0 Å². The minimum Gasteiger partial charge on any atom is -0.299 e. The Bertz CT molecular complexity index is 315. The second-order valence-corrected chi connectivity index (χ2v) is 3.41. The number of aryl methyl sites for hydroxylation is 1. The van der Waals surface area contributed by atoms with Crippen molar-refractivity contribution in [2.75, 3.05) is 0 Å². The highest BCUT2D eigenvalue weighted by atomic mass is 16.1. The molecular formula is C11H12O. The maximum atomic E-state index is 11.2. The van der Waals surface area contributed by atoms with Crippen LogP contribution < -0.4 is 0 Å². The molecular weight excluding hydrogens is 148 g/mol. The molecule has 12 heavy (non-hydrogen) atoms. The van der Waals surface area contributed by atoms with E-state index in [1.165, 1.54) is 11.1 Å². The number of ketones is 1. The van der Waals surface area contributed by atoms with Crippen molar-refractivity contribution in [3.63, 3.8) is 0 Å². The third-order valence-electron chi connectivity index (χ3n) is 2.63. The lowest BCUT2D eigenvalue weighted by Crippen LogP contribution is -2.23. The summed E-state index contributed by atoms with van der Waals surface area (Å²) in [7, 11) is 0. The van der Waals surface area contributed by atoms with E-state index in [1.807, 2.05) is 12.1 Å². The van der Waals surface area contributed by atoms with Gasteiger partial charge in [0, 0.05) is 12.3 Å². The molecule has 1 aliphatic rings. The van der Waals surface area contributed by atoms with Gasteiger partial charge in [-0.1, -0.05) is 24.3 Å².